The van der Waals surface area contributed by atoms with Gasteiger partial charge in [-0.15, -0.1) is 0 Å². The zero-order chi connectivity index (χ0) is 11.0. The smallest absolute Gasteiger partial charge is 0.242 e. The van der Waals surface area contributed by atoms with Crippen molar-refractivity contribution in [1.29, 1.82) is 0 Å². The van der Waals surface area contributed by atoms with Crippen LogP contribution in [0.5, 0.6) is 0 Å². The van der Waals surface area contributed by atoms with E-state index in [0.29, 0.717) is 0 Å². The molecule has 14 heavy (non-hydrogen) atoms. The van der Waals surface area contributed by atoms with E-state index >= 15 is 0 Å². The molecule has 0 spiro atoms. The van der Waals surface area contributed by atoms with Crippen molar-refractivity contribution in [3.63, 3.8) is 0 Å². The number of amides is 2. The number of urea groups is 1. The van der Waals surface area contributed by atoms with Crippen LogP contribution >= 0.6 is 0 Å². The van der Waals surface area contributed by atoms with Crippen LogP contribution in [-0.4, -0.2) is 29.7 Å². The average Bonchev–Trinajstić information content (AvgIpc) is 2.33. The summed E-state index contributed by atoms with van der Waals surface area (Å²) in [4.78, 5) is 10.5. The molecule has 0 unspecified atom stereocenters. The first-order valence-electron chi connectivity index (χ1n) is 3.12. The predicted molar refractivity (Wildman–Crippen MR) is 30.1 cm³/mol. The second-order valence-electron chi connectivity index (χ2n) is 2.32. The third-order valence-electron chi connectivity index (χ3n) is 1.26. The molecule has 5 nitrogen and oxygen atoms in total. The maximum absolute atomic E-state index is 12.3. The molecule has 0 saturated carbocycles. The second kappa shape index (κ2) is 3.03. The zero-order valence-electron chi connectivity index (χ0n) is 6.29. The minimum atomic E-state index is -5.73. The Hall–Kier alpha value is -1.48. The fourth-order valence-corrected chi connectivity index (χ4v) is 0.573. The summed E-state index contributed by atoms with van der Waals surface area (Å²) >= 11 is 0. The maximum Gasteiger partial charge on any atom is 0.455 e. The van der Waals surface area contributed by atoms with Crippen molar-refractivity contribution in [2.24, 2.45) is 10.4 Å². The Morgan fingerprint density at radius 1 is 1.21 bits per heavy atom. The molecule has 0 saturated heterocycles. The first-order chi connectivity index (χ1) is 6.24. The summed E-state index contributed by atoms with van der Waals surface area (Å²) < 4.78 is 59.5. The molecular formula is C4H2F5N4O. The van der Waals surface area contributed by atoms with Crippen LogP contribution < -0.4 is 5.43 Å². The van der Waals surface area contributed by atoms with Crippen molar-refractivity contribution in [2.75, 3.05) is 6.54 Å². The van der Waals surface area contributed by atoms with Crippen molar-refractivity contribution in [3.8, 4) is 0 Å². The van der Waals surface area contributed by atoms with E-state index in [9.17, 15) is 26.7 Å². The van der Waals surface area contributed by atoms with Crippen LogP contribution in [0, 0.1) is 0 Å². The largest absolute Gasteiger partial charge is 0.455 e. The van der Waals surface area contributed by atoms with E-state index < -0.39 is 24.7 Å². The summed E-state index contributed by atoms with van der Waals surface area (Å²) in [7, 11) is 0. The van der Waals surface area contributed by atoms with Gasteiger partial charge in [-0.05, 0) is 10.4 Å². The molecule has 0 aliphatic carbocycles. The highest BCUT2D eigenvalue weighted by molar-refractivity contribution is 5.73. The quantitative estimate of drug-likeness (QED) is 0.646. The van der Waals surface area contributed by atoms with Gasteiger partial charge in [0.05, 0.1) is 0 Å². The molecule has 10 heteroatoms. The van der Waals surface area contributed by atoms with E-state index in [4.69, 9.17) is 0 Å². The molecule has 1 aliphatic rings. The van der Waals surface area contributed by atoms with Crippen molar-refractivity contribution in [1.82, 2.24) is 10.4 Å². The highest BCUT2D eigenvalue weighted by atomic mass is 19.4. The number of alkyl halides is 5. The number of rotatable bonds is 2. The highest BCUT2D eigenvalue weighted by Gasteiger charge is 2.59. The fourth-order valence-electron chi connectivity index (χ4n) is 0.573. The van der Waals surface area contributed by atoms with Crippen molar-refractivity contribution in [3.05, 3.63) is 0 Å². The lowest BCUT2D eigenvalue weighted by atomic mass is 10.3. The molecule has 79 valence electrons. The minimum absolute atomic E-state index is 0.159. The molecule has 0 aromatic carbocycles. The van der Waals surface area contributed by atoms with Crippen LogP contribution in [0.3, 0.4) is 0 Å². The van der Waals surface area contributed by atoms with Crippen molar-refractivity contribution < 1.29 is 26.7 Å². The highest BCUT2D eigenvalue weighted by Crippen LogP contribution is 2.36. The van der Waals surface area contributed by atoms with E-state index in [0.717, 1.165) is 0 Å². The lowest BCUT2D eigenvalue weighted by molar-refractivity contribution is -0.284. The van der Waals surface area contributed by atoms with Gasteiger partial charge < -0.3 is 0 Å². The lowest BCUT2D eigenvalue weighted by Crippen LogP contribution is -2.46. The summed E-state index contributed by atoms with van der Waals surface area (Å²) in [6.45, 7) is -1.91. The van der Waals surface area contributed by atoms with Gasteiger partial charge in [0, 0.05) is 0 Å². The van der Waals surface area contributed by atoms with Gasteiger partial charge in [-0.25, -0.2) is 4.79 Å². The Balaban J connectivity index is 2.68. The molecule has 0 aromatic rings. The van der Waals surface area contributed by atoms with Crippen LogP contribution in [0.25, 0.3) is 0 Å². The minimum Gasteiger partial charge on any atom is -0.242 e. The fraction of sp³-hybridized carbons (Fsp3) is 0.750. The van der Waals surface area contributed by atoms with E-state index in [2.05, 4.69) is 15.9 Å². The van der Waals surface area contributed by atoms with Gasteiger partial charge in [0.15, 0.2) is 0 Å². The number of carbonyl (C=O) groups is 1. The third kappa shape index (κ3) is 1.88. The van der Waals surface area contributed by atoms with Gasteiger partial charge >= 0.3 is 18.1 Å². The Bertz CT molecular complexity index is 273. The first-order valence-corrected chi connectivity index (χ1v) is 3.12. The Morgan fingerprint density at radius 3 is 2.14 bits per heavy atom. The maximum atomic E-state index is 12.3. The first kappa shape index (κ1) is 10.6. The molecule has 0 bridgehead atoms. The van der Waals surface area contributed by atoms with Gasteiger partial charge in [-0.3, -0.25) is 0 Å². The van der Waals surface area contributed by atoms with Gasteiger partial charge in [-0.1, -0.05) is 5.43 Å². The normalized spacial score (nSPS) is 17.5. The molecule has 1 heterocycles. The Labute approximate surface area is 73.5 Å². The van der Waals surface area contributed by atoms with Crippen LogP contribution in [0.15, 0.2) is 10.4 Å². The second-order valence-corrected chi connectivity index (χ2v) is 2.32. The monoisotopic (exact) mass is 217 g/mol. The molecular weight excluding hydrogens is 215 g/mol. The van der Waals surface area contributed by atoms with Crippen molar-refractivity contribution >= 4 is 6.03 Å². The van der Waals surface area contributed by atoms with E-state index in [1.54, 1.807) is 0 Å². The number of hydrogen-bond acceptors (Lipinski definition) is 3. The third-order valence-corrected chi connectivity index (χ3v) is 1.26. The standard InChI is InChI=1S/C4H2F5N4O/c5-3(6,4(7,8)9)1-13-2(14)10-11-12-13/h1H2. The van der Waals surface area contributed by atoms with E-state index in [-0.39, 0.29) is 5.01 Å². The van der Waals surface area contributed by atoms with Crippen molar-refractivity contribution in [2.45, 2.75) is 12.1 Å². The number of hydrogen-bond donors (Lipinski definition) is 0. The number of nitrogens with zero attached hydrogens (tertiary/aromatic N) is 4. The number of halogens is 5. The van der Waals surface area contributed by atoms with E-state index in [1.165, 1.54) is 0 Å². The molecule has 2 amide bonds. The van der Waals surface area contributed by atoms with Crippen LogP contribution in [0.2, 0.25) is 0 Å². The SMILES string of the molecule is O=C1[N]N=NN1CC(F)(F)C(F)(F)F. The summed E-state index contributed by atoms with van der Waals surface area (Å²) in [5.41, 5.74) is 2.63. The lowest BCUT2D eigenvalue weighted by Gasteiger charge is -2.21. The summed E-state index contributed by atoms with van der Waals surface area (Å²) in [6, 6.07) is -1.35. The molecule has 1 radical (unpaired) electrons. The Kier molecular flexibility index (Phi) is 2.29. The van der Waals surface area contributed by atoms with Crippen LogP contribution in [0.1, 0.15) is 0 Å². The van der Waals surface area contributed by atoms with Gasteiger partial charge in [0.1, 0.15) is 6.54 Å². The summed E-state index contributed by atoms with van der Waals surface area (Å²) in [5.74, 6) is -5.03. The molecule has 1 rings (SSSR count). The average molecular weight is 217 g/mol. The molecule has 0 N–H and O–H groups in total. The molecule has 1 aliphatic heterocycles. The summed E-state index contributed by atoms with van der Waals surface area (Å²) in [5, 5.41) is 5.16. The zero-order valence-corrected chi connectivity index (χ0v) is 6.29. The Morgan fingerprint density at radius 2 is 1.79 bits per heavy atom. The molecule has 0 atom stereocenters. The van der Waals surface area contributed by atoms with E-state index in [1.807, 2.05) is 0 Å². The van der Waals surface area contributed by atoms with Gasteiger partial charge in [0.2, 0.25) is 0 Å². The van der Waals surface area contributed by atoms with Crippen LogP contribution in [-0.2, 0) is 0 Å². The summed E-state index contributed by atoms with van der Waals surface area (Å²) in [6.07, 6.45) is -5.73. The molecule has 0 fully saturated rings. The number of carbonyl (C=O) groups excluding carboxylic acids is 1. The topological polar surface area (TPSA) is 59.1 Å². The predicted octanol–water partition coefficient (Wildman–Crippen LogP) is 1.51. The van der Waals surface area contributed by atoms with Gasteiger partial charge in [-0.2, -0.15) is 27.0 Å². The van der Waals surface area contributed by atoms with Crippen LogP contribution in [0.4, 0.5) is 26.7 Å². The molecule has 0 aromatic heterocycles. The van der Waals surface area contributed by atoms with Gasteiger partial charge in [0.25, 0.3) is 0 Å².